The Hall–Kier alpha value is -4.37. The molecule has 4 atom stereocenters. The van der Waals surface area contributed by atoms with Crippen molar-refractivity contribution in [2.45, 2.75) is 18.1 Å². The van der Waals surface area contributed by atoms with Gasteiger partial charge in [0.2, 0.25) is 5.91 Å². The van der Waals surface area contributed by atoms with Gasteiger partial charge in [-0.1, -0.05) is 11.3 Å². The van der Waals surface area contributed by atoms with Crippen molar-refractivity contribution in [2.75, 3.05) is 31.1 Å². The summed E-state index contributed by atoms with van der Waals surface area (Å²) in [4.78, 5) is 31.6. The first-order valence-corrected chi connectivity index (χ1v) is 11.8. The monoisotopic (exact) mass is 503 g/mol. The third kappa shape index (κ3) is 3.70. The summed E-state index contributed by atoms with van der Waals surface area (Å²) < 4.78 is 22.1. The molecule has 1 saturated carbocycles. The molecule has 2 amide bonds. The van der Waals surface area contributed by atoms with Gasteiger partial charge in [-0.25, -0.2) is 13.9 Å². The van der Waals surface area contributed by atoms with Crippen LogP contribution < -0.4 is 4.90 Å². The number of ether oxygens (including phenoxy) is 1. The number of benzene rings is 1. The van der Waals surface area contributed by atoms with Crippen LogP contribution in [0.25, 0.3) is 11.1 Å². The van der Waals surface area contributed by atoms with Crippen molar-refractivity contribution < 1.29 is 23.8 Å². The van der Waals surface area contributed by atoms with E-state index in [2.05, 4.69) is 21.4 Å². The Balaban J connectivity index is 1.16. The highest BCUT2D eigenvalue weighted by atomic mass is 19.1. The van der Waals surface area contributed by atoms with Crippen LogP contribution in [0.3, 0.4) is 0 Å². The predicted molar refractivity (Wildman–Crippen MR) is 125 cm³/mol. The number of amides is 2. The maximum atomic E-state index is 15.1. The number of aromatic nitrogens is 4. The van der Waals surface area contributed by atoms with E-state index in [0.717, 1.165) is 0 Å². The number of aliphatic hydroxyl groups is 1. The summed E-state index contributed by atoms with van der Waals surface area (Å²) in [5, 5.41) is 26.6. The molecule has 3 aliphatic rings. The van der Waals surface area contributed by atoms with Gasteiger partial charge in [0.1, 0.15) is 23.9 Å². The van der Waals surface area contributed by atoms with Crippen molar-refractivity contribution in [1.29, 1.82) is 5.26 Å². The fraction of sp³-hybridized carbons (Fsp3) is 0.360. The standard InChI is InChI=1S/C25H22FN7O4/c26-21-7-16(33-10-17(37-24(33)36)9-32-6-5-29-30-32)2-3-18(21)15-1-4-22(28-8-15)25(14-27)19-11-31(12-20(19)25)23(35)13-34/h1-8,17,19-20,34H,9-13H2/t17-,19+,20?,25-/m0/s1. The molecular formula is C25H22FN7O4. The molecule has 1 unspecified atom stereocenters. The summed E-state index contributed by atoms with van der Waals surface area (Å²) >= 11 is 0. The van der Waals surface area contributed by atoms with Crippen molar-refractivity contribution in [3.63, 3.8) is 0 Å². The molecule has 3 fully saturated rings. The smallest absolute Gasteiger partial charge is 0.414 e. The maximum absolute atomic E-state index is 15.1. The van der Waals surface area contributed by atoms with Gasteiger partial charge in [-0.3, -0.25) is 14.7 Å². The lowest BCUT2D eigenvalue weighted by Gasteiger charge is -2.22. The van der Waals surface area contributed by atoms with Crippen LogP contribution in [-0.2, 0) is 21.5 Å². The van der Waals surface area contributed by atoms with E-state index >= 15 is 4.39 Å². The first-order valence-electron chi connectivity index (χ1n) is 11.8. The summed E-state index contributed by atoms with van der Waals surface area (Å²) in [6.45, 7) is 0.889. The number of halogens is 1. The molecule has 1 aliphatic carbocycles. The fourth-order valence-corrected chi connectivity index (χ4v) is 5.61. The number of hydrogen-bond donors (Lipinski definition) is 1. The molecule has 2 aromatic heterocycles. The van der Waals surface area contributed by atoms with E-state index in [1.807, 2.05) is 0 Å². The number of piperidine rings is 1. The van der Waals surface area contributed by atoms with E-state index in [1.165, 1.54) is 23.4 Å². The van der Waals surface area contributed by atoms with Crippen LogP contribution in [0.15, 0.2) is 48.9 Å². The SMILES string of the molecule is N#C[C@@]1(c2ccc(-c3ccc(N4C[C@H](Cn5ccnn5)OC4=O)cc3F)cn2)C2CN(C(=O)CO)C[C@H]21. The zero-order chi connectivity index (χ0) is 25.7. The van der Waals surface area contributed by atoms with E-state index < -0.39 is 30.0 Å². The molecule has 2 aliphatic heterocycles. The second-order valence-electron chi connectivity index (χ2n) is 9.49. The van der Waals surface area contributed by atoms with Crippen LogP contribution >= 0.6 is 0 Å². The van der Waals surface area contributed by atoms with Crippen molar-refractivity contribution >= 4 is 17.7 Å². The number of cyclic esters (lactones) is 1. The van der Waals surface area contributed by atoms with Crippen LogP contribution in [0, 0.1) is 29.0 Å². The third-order valence-corrected chi connectivity index (χ3v) is 7.55. The molecule has 1 aromatic carbocycles. The van der Waals surface area contributed by atoms with E-state index in [4.69, 9.17) is 9.84 Å². The molecule has 37 heavy (non-hydrogen) atoms. The molecule has 12 heteroatoms. The Labute approximate surface area is 210 Å². The topological polar surface area (TPSA) is 137 Å². The number of likely N-dealkylation sites (tertiary alicyclic amines) is 1. The van der Waals surface area contributed by atoms with Gasteiger partial charge >= 0.3 is 6.09 Å². The summed E-state index contributed by atoms with van der Waals surface area (Å²) in [5.41, 5.74) is 1.06. The van der Waals surface area contributed by atoms with Crippen molar-refractivity contribution in [3.05, 3.63) is 60.4 Å². The number of carbonyl (C=O) groups excluding carboxylic acids is 2. The van der Waals surface area contributed by atoms with Gasteiger partial charge in [-0.2, -0.15) is 5.26 Å². The molecule has 188 valence electrons. The number of aliphatic hydroxyl groups excluding tert-OH is 1. The molecule has 1 N–H and O–H groups in total. The molecule has 11 nitrogen and oxygen atoms in total. The Kier molecular flexibility index (Phi) is 5.38. The molecule has 3 aromatic rings. The Morgan fingerprint density at radius 1 is 1.24 bits per heavy atom. The highest BCUT2D eigenvalue weighted by Crippen LogP contribution is 2.62. The fourth-order valence-electron chi connectivity index (χ4n) is 5.61. The number of rotatable bonds is 6. The lowest BCUT2D eigenvalue weighted by Crippen LogP contribution is -2.36. The second kappa shape index (κ2) is 8.63. The minimum atomic E-state index is -0.772. The van der Waals surface area contributed by atoms with E-state index in [-0.39, 0.29) is 24.3 Å². The highest BCUT2D eigenvalue weighted by molar-refractivity contribution is 5.90. The summed E-state index contributed by atoms with van der Waals surface area (Å²) in [5.74, 6) is -0.919. The quantitative estimate of drug-likeness (QED) is 0.532. The summed E-state index contributed by atoms with van der Waals surface area (Å²) in [6, 6.07) is 10.4. The number of hydrogen-bond acceptors (Lipinski definition) is 8. The van der Waals surface area contributed by atoms with Gasteiger partial charge in [-0.15, -0.1) is 5.10 Å². The van der Waals surface area contributed by atoms with E-state index in [9.17, 15) is 14.9 Å². The molecule has 2 saturated heterocycles. The second-order valence-corrected chi connectivity index (χ2v) is 9.49. The molecular weight excluding hydrogens is 481 g/mol. The van der Waals surface area contributed by atoms with Gasteiger partial charge in [0.25, 0.3) is 0 Å². The molecule has 0 spiro atoms. The molecule has 0 bridgehead atoms. The zero-order valence-electron chi connectivity index (χ0n) is 19.6. The number of nitriles is 1. The molecule has 0 radical (unpaired) electrons. The Morgan fingerprint density at radius 3 is 2.68 bits per heavy atom. The maximum Gasteiger partial charge on any atom is 0.414 e. The third-order valence-electron chi connectivity index (χ3n) is 7.55. The summed E-state index contributed by atoms with van der Waals surface area (Å²) in [7, 11) is 0. The van der Waals surface area contributed by atoms with Crippen LogP contribution in [0.4, 0.5) is 14.9 Å². The average molecular weight is 503 g/mol. The number of fused-ring (bicyclic) bond motifs is 1. The average Bonchev–Trinajstić information content (AvgIpc) is 3.41. The van der Waals surface area contributed by atoms with Gasteiger partial charge in [-0.05, 0) is 24.3 Å². The van der Waals surface area contributed by atoms with Crippen LogP contribution in [0.1, 0.15) is 5.69 Å². The first-order chi connectivity index (χ1) is 17.9. The minimum Gasteiger partial charge on any atom is -0.442 e. The highest BCUT2D eigenvalue weighted by Gasteiger charge is 2.71. The number of carbonyl (C=O) groups is 2. The molecule has 4 heterocycles. The zero-order valence-corrected chi connectivity index (χ0v) is 19.6. The van der Waals surface area contributed by atoms with Gasteiger partial charge in [0.15, 0.2) is 0 Å². The predicted octanol–water partition coefficient (Wildman–Crippen LogP) is 1.35. The van der Waals surface area contributed by atoms with Crippen molar-refractivity contribution in [3.8, 4) is 17.2 Å². The summed E-state index contributed by atoms with van der Waals surface area (Å²) in [6.07, 6.45) is 3.76. The number of pyridine rings is 1. The van der Waals surface area contributed by atoms with E-state index in [0.29, 0.717) is 42.1 Å². The minimum absolute atomic E-state index is 0.0315. The largest absolute Gasteiger partial charge is 0.442 e. The van der Waals surface area contributed by atoms with Gasteiger partial charge in [0, 0.05) is 48.4 Å². The van der Waals surface area contributed by atoms with Crippen molar-refractivity contribution in [2.24, 2.45) is 11.8 Å². The Morgan fingerprint density at radius 2 is 2.05 bits per heavy atom. The lowest BCUT2D eigenvalue weighted by molar-refractivity contribution is -0.133. The van der Waals surface area contributed by atoms with Crippen LogP contribution in [0.5, 0.6) is 0 Å². The number of anilines is 1. The first kappa shape index (κ1) is 23.1. The van der Waals surface area contributed by atoms with E-state index in [1.54, 1.807) is 40.0 Å². The van der Waals surface area contributed by atoms with Crippen LogP contribution in [-0.4, -0.2) is 74.3 Å². The van der Waals surface area contributed by atoms with Gasteiger partial charge in [0.05, 0.1) is 36.7 Å². The van der Waals surface area contributed by atoms with Crippen molar-refractivity contribution in [1.82, 2.24) is 24.9 Å². The normalized spacial score (nSPS) is 26.1. The Bertz CT molecular complexity index is 1390. The van der Waals surface area contributed by atoms with Gasteiger partial charge < -0.3 is 14.7 Å². The number of nitrogens with zero attached hydrogens (tertiary/aromatic N) is 7. The van der Waals surface area contributed by atoms with Crippen LogP contribution in [0.2, 0.25) is 0 Å². The molecule has 6 rings (SSSR count). The lowest BCUT2D eigenvalue weighted by atomic mass is 9.95.